The van der Waals surface area contributed by atoms with Crippen molar-refractivity contribution in [3.05, 3.63) is 16.8 Å². The molecule has 2 aromatic rings. The highest BCUT2D eigenvalue weighted by Gasteiger charge is 2.57. The van der Waals surface area contributed by atoms with Crippen LogP contribution in [0, 0.1) is 5.92 Å². The molecule has 1 saturated heterocycles. The van der Waals surface area contributed by atoms with Gasteiger partial charge < -0.3 is 15.1 Å². The molecule has 2 aliphatic heterocycles. The number of aliphatic hydroxyl groups is 1. The summed E-state index contributed by atoms with van der Waals surface area (Å²) >= 11 is 4.83. The summed E-state index contributed by atoms with van der Waals surface area (Å²) < 4.78 is 4.22. The number of amides is 1. The van der Waals surface area contributed by atoms with Crippen LogP contribution in [0.2, 0.25) is 0 Å². The highest BCUT2D eigenvalue weighted by Crippen LogP contribution is 2.48. The first kappa shape index (κ1) is 18.9. The van der Waals surface area contributed by atoms with Crippen molar-refractivity contribution < 1.29 is 24.4 Å². The van der Waals surface area contributed by atoms with Crippen LogP contribution in [0.3, 0.4) is 0 Å². The van der Waals surface area contributed by atoms with E-state index in [2.05, 4.69) is 8.97 Å². The van der Waals surface area contributed by atoms with Gasteiger partial charge in [-0.25, -0.2) is 9.36 Å². The van der Waals surface area contributed by atoms with E-state index in [1.54, 1.807) is 41.8 Å². The maximum atomic E-state index is 12.4. The second-order valence-electron chi connectivity index (χ2n) is 6.70. The van der Waals surface area contributed by atoms with Gasteiger partial charge in [0, 0.05) is 5.57 Å². The lowest BCUT2D eigenvalue weighted by molar-refractivity contribution is -0.742. The van der Waals surface area contributed by atoms with Crippen LogP contribution in [0.5, 0.6) is 0 Å². The molecule has 0 bridgehead atoms. The lowest BCUT2D eigenvalue weighted by Gasteiger charge is -2.44. The zero-order valence-electron chi connectivity index (χ0n) is 15.3. The smallest absolute Gasteiger partial charge is 0.352 e. The Morgan fingerprint density at radius 2 is 2.11 bits per heavy atom. The minimum absolute atomic E-state index is 0.0622. The van der Waals surface area contributed by atoms with E-state index in [4.69, 9.17) is 0 Å². The number of thiazole rings is 1. The molecule has 0 radical (unpaired) electrons. The molecule has 2 aliphatic rings. The van der Waals surface area contributed by atoms with Crippen LogP contribution in [0.15, 0.2) is 22.1 Å². The Morgan fingerprint density at radius 1 is 1.41 bits per heavy atom. The highest BCUT2D eigenvalue weighted by molar-refractivity contribution is 7.99. The minimum atomic E-state index is -1.09. The van der Waals surface area contributed by atoms with Gasteiger partial charge in [-0.2, -0.15) is 4.40 Å². The van der Waals surface area contributed by atoms with Crippen molar-refractivity contribution in [1.29, 1.82) is 0 Å². The Balaban J connectivity index is 1.85. The van der Waals surface area contributed by atoms with E-state index in [1.165, 1.54) is 4.90 Å². The Kier molecular flexibility index (Phi) is 4.57. The number of carbonyl (C=O) groups excluding carboxylic acids is 1. The number of hydrogen-bond acceptors (Lipinski definition) is 6. The average molecular weight is 427 g/mol. The Bertz CT molecular complexity index is 967. The maximum Gasteiger partial charge on any atom is 0.352 e. The maximum absolute atomic E-state index is 12.4. The van der Waals surface area contributed by atoms with Crippen molar-refractivity contribution >= 4 is 57.1 Å². The molecule has 10 heteroatoms. The summed E-state index contributed by atoms with van der Waals surface area (Å²) in [5, 5.41) is 21.8. The number of aliphatic hydroxyl groups excluding tert-OH is 1. The predicted molar refractivity (Wildman–Crippen MR) is 105 cm³/mol. The second-order valence-corrected chi connectivity index (χ2v) is 9.30. The summed E-state index contributed by atoms with van der Waals surface area (Å²) in [6, 6.07) is -0.267. The summed E-state index contributed by atoms with van der Waals surface area (Å²) in [5.74, 6) is -1.92. The van der Waals surface area contributed by atoms with Crippen LogP contribution < -0.4 is 4.57 Å². The van der Waals surface area contributed by atoms with Crippen molar-refractivity contribution in [2.45, 2.75) is 35.7 Å². The van der Waals surface area contributed by atoms with Gasteiger partial charge in [-0.1, -0.05) is 23.1 Å². The molecule has 144 valence electrons. The fraction of sp³-hybridized carbons (Fsp3) is 0.471. The molecule has 1 fully saturated rings. The highest BCUT2D eigenvalue weighted by atomic mass is 32.2. The van der Waals surface area contributed by atoms with Gasteiger partial charge >= 0.3 is 11.1 Å². The molecule has 0 saturated carbocycles. The van der Waals surface area contributed by atoms with Crippen LogP contribution in [0.1, 0.15) is 18.2 Å². The number of rotatable bonds is 5. The van der Waals surface area contributed by atoms with E-state index in [-0.39, 0.29) is 17.6 Å². The second kappa shape index (κ2) is 6.54. The molecule has 27 heavy (non-hydrogen) atoms. The quantitative estimate of drug-likeness (QED) is 0.430. The number of β-lactam (4-membered cyclic amide) rings is 1. The lowest BCUT2D eigenvalue weighted by atomic mass is 9.83. The average Bonchev–Trinajstić information content (AvgIpc) is 3.22. The molecular weight excluding hydrogens is 406 g/mol. The van der Waals surface area contributed by atoms with Gasteiger partial charge in [-0.3, -0.25) is 4.79 Å². The van der Waals surface area contributed by atoms with Gasteiger partial charge in [-0.05, 0) is 37.6 Å². The van der Waals surface area contributed by atoms with Gasteiger partial charge in [-0.15, -0.1) is 0 Å². The number of carboxylic acids is 1. The van der Waals surface area contributed by atoms with E-state index < -0.39 is 18.0 Å². The molecule has 0 spiro atoms. The van der Waals surface area contributed by atoms with Gasteiger partial charge in [0.05, 0.1) is 30.0 Å². The van der Waals surface area contributed by atoms with E-state index in [0.29, 0.717) is 12.0 Å². The normalized spacial score (nSPS) is 23.1. The van der Waals surface area contributed by atoms with E-state index >= 15 is 0 Å². The van der Waals surface area contributed by atoms with Gasteiger partial charge in [0.25, 0.3) is 0 Å². The number of carboxylic acid groups (broad SMARTS) is 1. The van der Waals surface area contributed by atoms with Crippen molar-refractivity contribution in [2.75, 3.05) is 12.5 Å². The third-order valence-electron chi connectivity index (χ3n) is 5.26. The topological polar surface area (TPSA) is 86.1 Å². The molecule has 4 rings (SSSR count). The number of carbonyl (C=O) groups is 2. The van der Waals surface area contributed by atoms with Gasteiger partial charge in [0.2, 0.25) is 15.8 Å². The molecule has 2 aromatic heterocycles. The first-order valence-electron chi connectivity index (χ1n) is 8.41. The number of imidazole rings is 1. The molecule has 2 N–H and O–H groups in total. The van der Waals surface area contributed by atoms with Crippen molar-refractivity contribution in [3.8, 4) is 0 Å². The summed E-state index contributed by atoms with van der Waals surface area (Å²) in [6.45, 7) is 1.59. The van der Waals surface area contributed by atoms with E-state index in [9.17, 15) is 19.8 Å². The third-order valence-corrected chi connectivity index (χ3v) is 8.23. The predicted octanol–water partition coefficient (Wildman–Crippen LogP) is 1.68. The molecule has 0 unspecified atom stereocenters. The number of hydrogen-bond donors (Lipinski definition) is 2. The molecule has 0 aromatic carbocycles. The van der Waals surface area contributed by atoms with E-state index in [1.807, 2.05) is 25.8 Å². The first-order valence-corrected chi connectivity index (χ1v) is 11.7. The molecule has 3 atom stereocenters. The summed E-state index contributed by atoms with van der Waals surface area (Å²) in [4.78, 5) is 27.6. The van der Waals surface area contributed by atoms with Crippen molar-refractivity contribution in [2.24, 2.45) is 13.0 Å². The van der Waals surface area contributed by atoms with Crippen LogP contribution >= 0.6 is 34.9 Å². The molecule has 4 heterocycles. The van der Waals surface area contributed by atoms with Crippen molar-refractivity contribution in [3.63, 3.8) is 0 Å². The van der Waals surface area contributed by atoms with Crippen LogP contribution in [-0.2, 0) is 16.6 Å². The molecular formula is C17H20N3O4S3+. The van der Waals surface area contributed by atoms with Crippen molar-refractivity contribution in [1.82, 2.24) is 9.30 Å². The Labute approximate surface area is 168 Å². The first-order chi connectivity index (χ1) is 12.8. The SMILES string of the molecule is CSc1c2sc(C3=C(C(=O)O)N4C(=O)[C@H]([C@@H](C)O)[C@H]4C3)cn2c(SC)[n+]1C. The largest absolute Gasteiger partial charge is 0.477 e. The van der Waals surface area contributed by atoms with Crippen LogP contribution in [0.4, 0.5) is 0 Å². The number of aliphatic carboxylic acids is 1. The van der Waals surface area contributed by atoms with Crippen LogP contribution in [0.25, 0.3) is 10.4 Å². The summed E-state index contributed by atoms with van der Waals surface area (Å²) in [6.07, 6.45) is 5.68. The molecule has 0 aliphatic carbocycles. The number of thioether (sulfide) groups is 2. The minimum Gasteiger partial charge on any atom is -0.477 e. The molecule has 1 amide bonds. The molecule has 7 nitrogen and oxygen atoms in total. The zero-order chi connectivity index (χ0) is 19.6. The fourth-order valence-electron chi connectivity index (χ4n) is 4.13. The summed E-state index contributed by atoms with van der Waals surface area (Å²) in [5.41, 5.74) is 0.742. The van der Waals surface area contributed by atoms with E-state index in [0.717, 1.165) is 19.9 Å². The number of fused-ring (bicyclic) bond motifs is 2. The summed E-state index contributed by atoms with van der Waals surface area (Å²) in [7, 11) is 2.02. The fourth-order valence-corrected chi connectivity index (χ4v) is 7.09. The van der Waals surface area contributed by atoms with Gasteiger partial charge in [0.15, 0.2) is 0 Å². The third kappa shape index (κ3) is 2.50. The number of aromatic nitrogens is 2. The Morgan fingerprint density at radius 3 is 2.67 bits per heavy atom. The van der Waals surface area contributed by atoms with Crippen LogP contribution in [-0.4, -0.2) is 56.0 Å². The monoisotopic (exact) mass is 426 g/mol. The lowest BCUT2D eigenvalue weighted by Crippen LogP contribution is -2.61. The Hall–Kier alpha value is -1.49. The zero-order valence-corrected chi connectivity index (χ0v) is 17.7. The standard InChI is InChI=1S/C17H19N3O4S3/c1-7(21)11-9-5-8(12(16(23)24)20(9)13(11)22)10-6-19-15(27-10)14(25-3)18(2)17(19)26-4/h6-7,9,11,21H,5H2,1-4H3/p+1/t7-,9-,11-/m1/s1. The number of nitrogens with zero attached hydrogens (tertiary/aromatic N) is 3. The van der Waals surface area contributed by atoms with Gasteiger partial charge in [0.1, 0.15) is 11.9 Å².